The van der Waals surface area contributed by atoms with Crippen molar-refractivity contribution >= 4 is 17.6 Å². The average Bonchev–Trinajstić information content (AvgIpc) is 2.54. The first-order valence-corrected chi connectivity index (χ1v) is 5.61. The smallest absolute Gasteiger partial charge is 0.407 e. The molecule has 0 atom stereocenters. The van der Waals surface area contributed by atoms with Crippen LogP contribution in [0.4, 0.5) is 16.3 Å². The topological polar surface area (TPSA) is 82.7 Å². The first kappa shape index (κ1) is 11.5. The summed E-state index contributed by atoms with van der Waals surface area (Å²) in [6.45, 7) is 2.65. The van der Waals surface area contributed by atoms with Crippen molar-refractivity contribution in [3.63, 3.8) is 0 Å². The van der Waals surface area contributed by atoms with E-state index in [1.807, 2.05) is 12.1 Å². The maximum absolute atomic E-state index is 10.9. The quantitative estimate of drug-likeness (QED) is 0.755. The number of nitrogens with zero attached hydrogens (tertiary/aromatic N) is 3. The van der Waals surface area contributed by atoms with Crippen molar-refractivity contribution in [3.8, 4) is 0 Å². The molecule has 1 aromatic heterocycles. The SMILES string of the molecule is Nc1cc(N2CCCN(C(=O)O)CC2)ccn1. The zero-order valence-corrected chi connectivity index (χ0v) is 9.54. The minimum atomic E-state index is -0.846. The number of nitrogens with two attached hydrogens (primary N) is 1. The summed E-state index contributed by atoms with van der Waals surface area (Å²) >= 11 is 0. The largest absolute Gasteiger partial charge is 0.465 e. The minimum absolute atomic E-state index is 0.488. The van der Waals surface area contributed by atoms with E-state index in [1.165, 1.54) is 4.90 Å². The molecule has 17 heavy (non-hydrogen) atoms. The van der Waals surface area contributed by atoms with Crippen LogP contribution in [0.3, 0.4) is 0 Å². The van der Waals surface area contributed by atoms with Crippen molar-refractivity contribution in [3.05, 3.63) is 18.3 Å². The Labute approximate surface area is 99.7 Å². The van der Waals surface area contributed by atoms with Crippen LogP contribution in [0.5, 0.6) is 0 Å². The standard InChI is InChI=1S/C11H16N4O2/c12-10-8-9(2-3-13-10)14-4-1-5-15(7-6-14)11(16)17/h2-3,8H,1,4-7H2,(H2,12,13)(H,16,17). The van der Waals surface area contributed by atoms with E-state index in [0.29, 0.717) is 25.5 Å². The van der Waals surface area contributed by atoms with Crippen LogP contribution >= 0.6 is 0 Å². The number of hydrogen-bond acceptors (Lipinski definition) is 4. The van der Waals surface area contributed by atoms with Crippen molar-refractivity contribution in [1.29, 1.82) is 0 Å². The lowest BCUT2D eigenvalue weighted by atomic mass is 10.3. The van der Waals surface area contributed by atoms with Crippen LogP contribution < -0.4 is 10.6 Å². The monoisotopic (exact) mass is 236 g/mol. The highest BCUT2D eigenvalue weighted by Crippen LogP contribution is 2.17. The Morgan fingerprint density at radius 1 is 1.35 bits per heavy atom. The fraction of sp³-hybridized carbons (Fsp3) is 0.455. The normalized spacial score (nSPS) is 16.7. The molecule has 0 radical (unpaired) electrons. The first-order valence-electron chi connectivity index (χ1n) is 5.61. The molecule has 1 amide bonds. The van der Waals surface area contributed by atoms with Crippen LogP contribution in [0, 0.1) is 0 Å². The predicted molar refractivity (Wildman–Crippen MR) is 65.1 cm³/mol. The molecule has 1 aromatic rings. The second-order valence-electron chi connectivity index (χ2n) is 4.05. The second-order valence-corrected chi connectivity index (χ2v) is 4.05. The van der Waals surface area contributed by atoms with Gasteiger partial charge in [0, 0.05) is 44.1 Å². The molecule has 0 bridgehead atoms. The van der Waals surface area contributed by atoms with Crippen LogP contribution in [0.25, 0.3) is 0 Å². The Hall–Kier alpha value is -1.98. The van der Waals surface area contributed by atoms with E-state index in [2.05, 4.69) is 9.88 Å². The number of hydrogen-bond donors (Lipinski definition) is 2. The summed E-state index contributed by atoms with van der Waals surface area (Å²) in [6.07, 6.45) is 1.65. The zero-order chi connectivity index (χ0) is 12.3. The molecule has 92 valence electrons. The molecule has 2 rings (SSSR count). The van der Waals surface area contributed by atoms with Gasteiger partial charge in [0.25, 0.3) is 0 Å². The summed E-state index contributed by atoms with van der Waals surface area (Å²) < 4.78 is 0. The van der Waals surface area contributed by atoms with Gasteiger partial charge < -0.3 is 20.6 Å². The van der Waals surface area contributed by atoms with Crippen molar-refractivity contribution in [1.82, 2.24) is 9.88 Å². The molecule has 1 fully saturated rings. The van der Waals surface area contributed by atoms with Gasteiger partial charge in [0.1, 0.15) is 5.82 Å². The molecule has 6 nitrogen and oxygen atoms in total. The lowest BCUT2D eigenvalue weighted by Gasteiger charge is -2.22. The van der Waals surface area contributed by atoms with Gasteiger partial charge in [0.15, 0.2) is 0 Å². The number of carboxylic acid groups (broad SMARTS) is 1. The molecule has 0 aromatic carbocycles. The maximum atomic E-state index is 10.9. The number of aromatic nitrogens is 1. The molecule has 1 aliphatic heterocycles. The Balaban J connectivity index is 2.06. The van der Waals surface area contributed by atoms with E-state index >= 15 is 0 Å². The van der Waals surface area contributed by atoms with Gasteiger partial charge in [0.2, 0.25) is 0 Å². The van der Waals surface area contributed by atoms with Crippen LogP contribution in [-0.4, -0.2) is 47.3 Å². The van der Waals surface area contributed by atoms with Gasteiger partial charge in [-0.05, 0) is 12.5 Å². The molecule has 0 unspecified atom stereocenters. The summed E-state index contributed by atoms with van der Waals surface area (Å²) in [5, 5.41) is 8.94. The number of carbonyl (C=O) groups is 1. The summed E-state index contributed by atoms with van der Waals surface area (Å²) in [6, 6.07) is 3.71. The average molecular weight is 236 g/mol. The zero-order valence-electron chi connectivity index (χ0n) is 9.54. The Morgan fingerprint density at radius 2 is 2.18 bits per heavy atom. The van der Waals surface area contributed by atoms with Gasteiger partial charge >= 0.3 is 6.09 Å². The molecule has 3 N–H and O–H groups in total. The van der Waals surface area contributed by atoms with E-state index in [9.17, 15) is 4.79 Å². The highest BCUT2D eigenvalue weighted by Gasteiger charge is 2.18. The van der Waals surface area contributed by atoms with Gasteiger partial charge in [-0.3, -0.25) is 0 Å². The third kappa shape index (κ3) is 2.77. The second kappa shape index (κ2) is 4.90. The summed E-state index contributed by atoms with van der Waals surface area (Å²) in [4.78, 5) is 18.4. The minimum Gasteiger partial charge on any atom is -0.465 e. The lowest BCUT2D eigenvalue weighted by molar-refractivity contribution is 0.148. The van der Waals surface area contributed by atoms with Gasteiger partial charge in [-0.25, -0.2) is 9.78 Å². The fourth-order valence-corrected chi connectivity index (χ4v) is 2.00. The van der Waals surface area contributed by atoms with Crippen LogP contribution in [0.1, 0.15) is 6.42 Å². The van der Waals surface area contributed by atoms with Crippen molar-refractivity contribution < 1.29 is 9.90 Å². The fourth-order valence-electron chi connectivity index (χ4n) is 2.00. The molecular formula is C11H16N4O2. The molecular weight excluding hydrogens is 220 g/mol. The van der Waals surface area contributed by atoms with Crippen molar-refractivity contribution in [2.75, 3.05) is 36.8 Å². The van der Waals surface area contributed by atoms with E-state index in [-0.39, 0.29) is 0 Å². The van der Waals surface area contributed by atoms with E-state index in [0.717, 1.165) is 18.7 Å². The summed E-state index contributed by atoms with van der Waals surface area (Å²) in [5.41, 5.74) is 6.64. The van der Waals surface area contributed by atoms with Crippen LogP contribution in [0.15, 0.2) is 18.3 Å². The third-order valence-corrected chi connectivity index (χ3v) is 2.90. The van der Waals surface area contributed by atoms with E-state index in [4.69, 9.17) is 10.8 Å². The van der Waals surface area contributed by atoms with E-state index < -0.39 is 6.09 Å². The maximum Gasteiger partial charge on any atom is 0.407 e. The lowest BCUT2D eigenvalue weighted by Crippen LogP contribution is -2.34. The molecule has 1 saturated heterocycles. The predicted octanol–water partition coefficient (Wildman–Crippen LogP) is 0.854. The third-order valence-electron chi connectivity index (χ3n) is 2.90. The summed E-state index contributed by atoms with van der Waals surface area (Å²) in [7, 11) is 0. The molecule has 0 spiro atoms. The van der Waals surface area contributed by atoms with Gasteiger partial charge in [-0.15, -0.1) is 0 Å². The van der Waals surface area contributed by atoms with Gasteiger partial charge in [-0.2, -0.15) is 0 Å². The summed E-state index contributed by atoms with van der Waals surface area (Å²) in [5.74, 6) is 0.488. The molecule has 1 aliphatic rings. The number of nitrogen functional groups attached to an aromatic ring is 1. The first-order chi connectivity index (χ1) is 8.16. The van der Waals surface area contributed by atoms with Crippen molar-refractivity contribution in [2.45, 2.75) is 6.42 Å². The highest BCUT2D eigenvalue weighted by atomic mass is 16.4. The molecule has 0 saturated carbocycles. The Kier molecular flexibility index (Phi) is 3.32. The van der Waals surface area contributed by atoms with Gasteiger partial charge in [-0.1, -0.05) is 0 Å². The Morgan fingerprint density at radius 3 is 2.88 bits per heavy atom. The number of amides is 1. The van der Waals surface area contributed by atoms with Gasteiger partial charge in [0.05, 0.1) is 0 Å². The Bertz CT molecular complexity index is 410. The molecule has 2 heterocycles. The van der Waals surface area contributed by atoms with Crippen LogP contribution in [0.2, 0.25) is 0 Å². The molecule has 6 heteroatoms. The van der Waals surface area contributed by atoms with Crippen molar-refractivity contribution in [2.24, 2.45) is 0 Å². The number of rotatable bonds is 1. The number of anilines is 2. The molecule has 0 aliphatic carbocycles. The van der Waals surface area contributed by atoms with Crippen LogP contribution in [-0.2, 0) is 0 Å². The number of pyridine rings is 1. The highest BCUT2D eigenvalue weighted by molar-refractivity contribution is 5.65. The van der Waals surface area contributed by atoms with E-state index in [1.54, 1.807) is 6.20 Å².